The van der Waals surface area contributed by atoms with Crippen molar-refractivity contribution in [3.05, 3.63) is 35.4 Å². The van der Waals surface area contributed by atoms with Crippen LogP contribution in [0.3, 0.4) is 0 Å². The molecular weight excluding hydrogens is 250 g/mol. The highest BCUT2D eigenvalue weighted by atomic mass is 16.4. The molecule has 0 amide bonds. The van der Waals surface area contributed by atoms with Crippen molar-refractivity contribution in [2.24, 2.45) is 11.8 Å². The highest BCUT2D eigenvalue weighted by Gasteiger charge is 2.28. The molecule has 110 valence electrons. The van der Waals surface area contributed by atoms with Gasteiger partial charge in [0.1, 0.15) is 0 Å². The number of hydrogen-bond acceptors (Lipinski definition) is 2. The van der Waals surface area contributed by atoms with Gasteiger partial charge in [-0.25, -0.2) is 0 Å². The molecule has 2 rings (SSSR count). The maximum absolute atomic E-state index is 10.7. The number of benzene rings is 1. The molecule has 0 radical (unpaired) electrons. The van der Waals surface area contributed by atoms with Gasteiger partial charge in [-0.15, -0.1) is 0 Å². The van der Waals surface area contributed by atoms with E-state index in [0.717, 1.165) is 30.5 Å². The predicted molar refractivity (Wildman–Crippen MR) is 80.6 cm³/mol. The number of likely N-dealkylation sites (tertiary alicyclic amines) is 1. The summed E-state index contributed by atoms with van der Waals surface area (Å²) >= 11 is 0. The molecule has 1 aliphatic heterocycles. The number of carbonyl (C=O) groups is 1. The Hall–Kier alpha value is -1.35. The Balaban J connectivity index is 2.00. The van der Waals surface area contributed by atoms with E-state index in [-0.39, 0.29) is 6.42 Å². The fourth-order valence-corrected chi connectivity index (χ4v) is 3.21. The van der Waals surface area contributed by atoms with Gasteiger partial charge in [0.2, 0.25) is 0 Å². The van der Waals surface area contributed by atoms with E-state index < -0.39 is 5.97 Å². The zero-order chi connectivity index (χ0) is 14.7. The maximum Gasteiger partial charge on any atom is 0.307 e. The van der Waals surface area contributed by atoms with Gasteiger partial charge in [-0.3, -0.25) is 9.69 Å². The molecule has 1 aliphatic rings. The number of nitrogens with zero attached hydrogens (tertiary/aromatic N) is 1. The van der Waals surface area contributed by atoms with E-state index in [9.17, 15) is 4.79 Å². The van der Waals surface area contributed by atoms with Gasteiger partial charge in [0.05, 0.1) is 6.42 Å². The molecule has 0 spiro atoms. The molecule has 1 saturated heterocycles. The van der Waals surface area contributed by atoms with Gasteiger partial charge in [0, 0.05) is 19.1 Å². The normalized spacial score (nSPS) is 27.4. The lowest BCUT2D eigenvalue weighted by Gasteiger charge is -2.41. The fourth-order valence-electron chi connectivity index (χ4n) is 3.21. The van der Waals surface area contributed by atoms with Gasteiger partial charge in [-0.2, -0.15) is 0 Å². The standard InChI is InChI=1S/C17H25NO2/c1-12-8-13(2)14(3)18(10-12)11-16-6-4-15(5-7-16)9-17(19)20/h4-7,12-14H,8-11H2,1-3H3,(H,19,20). The number of hydrogen-bond donors (Lipinski definition) is 1. The van der Waals surface area contributed by atoms with E-state index in [1.54, 1.807) is 0 Å². The van der Waals surface area contributed by atoms with E-state index in [2.05, 4.69) is 37.8 Å². The summed E-state index contributed by atoms with van der Waals surface area (Å²) in [5.41, 5.74) is 2.14. The van der Waals surface area contributed by atoms with Crippen LogP contribution in [-0.2, 0) is 17.8 Å². The van der Waals surface area contributed by atoms with Crippen LogP contribution >= 0.6 is 0 Å². The monoisotopic (exact) mass is 275 g/mol. The molecule has 1 aromatic carbocycles. The zero-order valence-corrected chi connectivity index (χ0v) is 12.7. The summed E-state index contributed by atoms with van der Waals surface area (Å²) in [4.78, 5) is 13.2. The van der Waals surface area contributed by atoms with Crippen LogP contribution in [0.25, 0.3) is 0 Å². The lowest BCUT2D eigenvalue weighted by molar-refractivity contribution is -0.136. The topological polar surface area (TPSA) is 40.5 Å². The van der Waals surface area contributed by atoms with Gasteiger partial charge in [0.15, 0.2) is 0 Å². The summed E-state index contributed by atoms with van der Waals surface area (Å²) < 4.78 is 0. The summed E-state index contributed by atoms with van der Waals surface area (Å²) in [6, 6.07) is 8.62. The Morgan fingerprint density at radius 1 is 1.20 bits per heavy atom. The molecule has 0 bridgehead atoms. The Labute approximate surface area is 121 Å². The van der Waals surface area contributed by atoms with Gasteiger partial charge in [0.25, 0.3) is 0 Å². The molecule has 3 atom stereocenters. The first kappa shape index (κ1) is 15.0. The third-order valence-electron chi connectivity index (χ3n) is 4.48. The Bertz CT molecular complexity index is 455. The van der Waals surface area contributed by atoms with E-state index in [4.69, 9.17) is 5.11 Å². The second kappa shape index (κ2) is 6.40. The highest BCUT2D eigenvalue weighted by Crippen LogP contribution is 2.28. The number of aliphatic carboxylic acids is 1. The van der Waals surface area contributed by atoms with Crippen LogP contribution in [0.1, 0.15) is 38.3 Å². The Kier molecular flexibility index (Phi) is 4.81. The second-order valence-electron chi connectivity index (χ2n) is 6.38. The van der Waals surface area contributed by atoms with Crippen molar-refractivity contribution in [3.8, 4) is 0 Å². The molecule has 3 nitrogen and oxygen atoms in total. The Morgan fingerprint density at radius 2 is 1.80 bits per heavy atom. The molecule has 1 heterocycles. The fraction of sp³-hybridized carbons (Fsp3) is 0.588. The zero-order valence-electron chi connectivity index (χ0n) is 12.7. The lowest BCUT2D eigenvalue weighted by Crippen LogP contribution is -2.45. The van der Waals surface area contributed by atoms with Crippen molar-refractivity contribution in [2.75, 3.05) is 6.54 Å². The van der Waals surface area contributed by atoms with E-state index >= 15 is 0 Å². The van der Waals surface area contributed by atoms with Crippen LogP contribution < -0.4 is 0 Å². The van der Waals surface area contributed by atoms with Crippen molar-refractivity contribution in [2.45, 2.75) is 46.2 Å². The van der Waals surface area contributed by atoms with Gasteiger partial charge in [-0.05, 0) is 36.3 Å². The van der Waals surface area contributed by atoms with Gasteiger partial charge < -0.3 is 5.11 Å². The quantitative estimate of drug-likeness (QED) is 0.917. The molecule has 1 aromatic rings. The molecule has 1 N–H and O–H groups in total. The molecule has 0 aliphatic carbocycles. The first-order chi connectivity index (χ1) is 9.45. The van der Waals surface area contributed by atoms with Gasteiger partial charge in [-0.1, -0.05) is 38.1 Å². The van der Waals surface area contributed by atoms with Crippen LogP contribution in [0.2, 0.25) is 0 Å². The summed E-state index contributed by atoms with van der Waals surface area (Å²) in [6.45, 7) is 9.09. The summed E-state index contributed by atoms with van der Waals surface area (Å²) in [6.07, 6.45) is 1.42. The van der Waals surface area contributed by atoms with Crippen molar-refractivity contribution >= 4 is 5.97 Å². The molecule has 20 heavy (non-hydrogen) atoms. The maximum atomic E-state index is 10.7. The van der Waals surface area contributed by atoms with Crippen LogP contribution in [-0.4, -0.2) is 28.6 Å². The van der Waals surface area contributed by atoms with Crippen molar-refractivity contribution in [3.63, 3.8) is 0 Å². The lowest BCUT2D eigenvalue weighted by atomic mass is 9.86. The second-order valence-corrected chi connectivity index (χ2v) is 6.38. The average Bonchev–Trinajstić information content (AvgIpc) is 2.37. The number of carboxylic acids is 1. The van der Waals surface area contributed by atoms with Gasteiger partial charge >= 0.3 is 5.97 Å². The number of carboxylic acid groups (broad SMARTS) is 1. The largest absolute Gasteiger partial charge is 0.481 e. The summed E-state index contributed by atoms with van der Waals surface area (Å²) in [7, 11) is 0. The minimum atomic E-state index is -0.773. The minimum absolute atomic E-state index is 0.106. The highest BCUT2D eigenvalue weighted by molar-refractivity contribution is 5.70. The predicted octanol–water partition coefficient (Wildman–Crippen LogP) is 3.18. The molecule has 3 heteroatoms. The van der Waals surface area contributed by atoms with Crippen molar-refractivity contribution in [1.82, 2.24) is 4.90 Å². The van der Waals surface area contributed by atoms with Crippen LogP contribution in [0, 0.1) is 11.8 Å². The first-order valence-corrected chi connectivity index (χ1v) is 7.49. The third-order valence-corrected chi connectivity index (χ3v) is 4.48. The first-order valence-electron chi connectivity index (χ1n) is 7.49. The minimum Gasteiger partial charge on any atom is -0.481 e. The average molecular weight is 275 g/mol. The molecule has 3 unspecified atom stereocenters. The van der Waals surface area contributed by atoms with Crippen molar-refractivity contribution in [1.29, 1.82) is 0 Å². The van der Waals surface area contributed by atoms with E-state index in [1.165, 1.54) is 12.0 Å². The van der Waals surface area contributed by atoms with E-state index in [0.29, 0.717) is 6.04 Å². The third kappa shape index (κ3) is 3.83. The summed E-state index contributed by atoms with van der Waals surface area (Å²) in [5, 5.41) is 8.78. The van der Waals surface area contributed by atoms with Crippen molar-refractivity contribution < 1.29 is 9.90 Å². The van der Waals surface area contributed by atoms with E-state index in [1.807, 2.05) is 12.1 Å². The van der Waals surface area contributed by atoms with Crippen LogP contribution in [0.4, 0.5) is 0 Å². The summed E-state index contributed by atoms with van der Waals surface area (Å²) in [5.74, 6) is 0.725. The number of rotatable bonds is 4. The molecule has 1 fully saturated rings. The molecule has 0 aromatic heterocycles. The SMILES string of the molecule is CC1CC(C)C(C)N(Cc2ccc(CC(=O)O)cc2)C1. The molecule has 0 saturated carbocycles. The van der Waals surface area contributed by atoms with Crippen LogP contribution in [0.15, 0.2) is 24.3 Å². The van der Waals surface area contributed by atoms with Crippen LogP contribution in [0.5, 0.6) is 0 Å². The smallest absolute Gasteiger partial charge is 0.307 e. The molecular formula is C17H25NO2. The number of piperidine rings is 1. The Morgan fingerprint density at radius 3 is 2.40 bits per heavy atom.